The Labute approximate surface area is 117 Å². The van der Waals surface area contributed by atoms with Gasteiger partial charge in [0.1, 0.15) is 11.6 Å². The Morgan fingerprint density at radius 3 is 2.75 bits per heavy atom. The van der Waals surface area contributed by atoms with E-state index < -0.39 is 21.4 Å². The van der Waals surface area contributed by atoms with Gasteiger partial charge >= 0.3 is 0 Å². The van der Waals surface area contributed by atoms with E-state index in [-0.39, 0.29) is 11.4 Å². The molecular weight excluding hydrogens is 279 g/mol. The lowest BCUT2D eigenvalue weighted by Crippen LogP contribution is -2.49. The number of rotatable bonds is 4. The summed E-state index contributed by atoms with van der Waals surface area (Å²) < 4.78 is 38.2. The van der Waals surface area contributed by atoms with Crippen molar-refractivity contribution in [2.24, 2.45) is 0 Å². The van der Waals surface area contributed by atoms with Crippen molar-refractivity contribution >= 4 is 20.7 Å². The van der Waals surface area contributed by atoms with Gasteiger partial charge in [0.25, 0.3) is 0 Å². The van der Waals surface area contributed by atoms with Gasteiger partial charge in [-0.1, -0.05) is 12.1 Å². The van der Waals surface area contributed by atoms with E-state index in [0.717, 1.165) is 16.6 Å². The van der Waals surface area contributed by atoms with Crippen molar-refractivity contribution < 1.29 is 18.5 Å². The second kappa shape index (κ2) is 5.38. The molecule has 0 spiro atoms. The Morgan fingerprint density at radius 2 is 2.10 bits per heavy atom. The molecule has 0 unspecified atom stereocenters. The number of hydrogen-bond acceptors (Lipinski definition) is 2. The molecule has 0 atom stereocenters. The first-order valence-corrected chi connectivity index (χ1v) is 7.96. The van der Waals surface area contributed by atoms with E-state index in [2.05, 4.69) is 10.7 Å². The molecule has 0 aliphatic heterocycles. The highest BCUT2D eigenvalue weighted by atomic mass is 32.2. The molecule has 0 saturated carbocycles. The highest BCUT2D eigenvalue weighted by Crippen LogP contribution is 2.28. The first kappa shape index (κ1) is 14.7. The van der Waals surface area contributed by atoms with Crippen LogP contribution in [0.1, 0.15) is 11.3 Å². The molecule has 0 aliphatic carbocycles. The standard InChI is InChI=1S/C14H17FN2O2S/c1-9-10(2)17-14-12(9)4-3-5-13(14)20(18,19)8-11(15)6-7-16/h3-6,17H,7-8,16H2,1-2H3/p+1/b11-6-. The number of quaternary nitrogens is 1. The van der Waals surface area contributed by atoms with E-state index in [0.29, 0.717) is 5.52 Å². The normalized spacial score (nSPS) is 13.1. The van der Waals surface area contributed by atoms with Crippen molar-refractivity contribution in [3.63, 3.8) is 0 Å². The zero-order valence-corrected chi connectivity index (χ0v) is 12.3. The van der Waals surface area contributed by atoms with Gasteiger partial charge in [-0.25, -0.2) is 12.8 Å². The predicted octanol–water partition coefficient (Wildman–Crippen LogP) is 1.65. The van der Waals surface area contributed by atoms with Crippen LogP contribution in [0.25, 0.3) is 10.9 Å². The predicted molar refractivity (Wildman–Crippen MR) is 76.8 cm³/mol. The molecular formula is C14H18FN2O2S+. The summed E-state index contributed by atoms with van der Waals surface area (Å²) in [5, 5.41) is 0.852. The monoisotopic (exact) mass is 297 g/mol. The summed E-state index contributed by atoms with van der Waals surface area (Å²) >= 11 is 0. The molecule has 0 aliphatic rings. The highest BCUT2D eigenvalue weighted by molar-refractivity contribution is 7.91. The number of aromatic nitrogens is 1. The van der Waals surface area contributed by atoms with Gasteiger partial charge in [-0.3, -0.25) is 0 Å². The molecule has 6 heteroatoms. The molecule has 0 saturated heterocycles. The molecule has 0 fully saturated rings. The summed E-state index contributed by atoms with van der Waals surface area (Å²) in [5.74, 6) is -1.30. The number of benzene rings is 1. The number of fused-ring (bicyclic) bond motifs is 1. The lowest BCUT2D eigenvalue weighted by Gasteiger charge is -2.04. The quantitative estimate of drug-likeness (QED) is 0.900. The minimum atomic E-state index is -3.71. The van der Waals surface area contributed by atoms with Gasteiger partial charge in [0.2, 0.25) is 0 Å². The largest absolute Gasteiger partial charge is 0.357 e. The molecule has 108 valence electrons. The number of halogens is 1. The van der Waals surface area contributed by atoms with Gasteiger partial charge in [0.15, 0.2) is 9.84 Å². The third-order valence-electron chi connectivity index (χ3n) is 3.33. The smallest absolute Gasteiger partial charge is 0.186 e. The summed E-state index contributed by atoms with van der Waals surface area (Å²) in [6, 6.07) is 5.04. The van der Waals surface area contributed by atoms with E-state index in [9.17, 15) is 12.8 Å². The van der Waals surface area contributed by atoms with Crippen molar-refractivity contribution in [1.29, 1.82) is 0 Å². The lowest BCUT2D eigenvalue weighted by molar-refractivity contribution is -0.353. The average Bonchev–Trinajstić information content (AvgIpc) is 2.65. The molecule has 1 heterocycles. The molecule has 1 aromatic heterocycles. The van der Waals surface area contributed by atoms with Crippen molar-refractivity contribution in [1.82, 2.24) is 4.98 Å². The first-order chi connectivity index (χ1) is 9.36. The van der Waals surface area contributed by atoms with Crippen molar-refractivity contribution in [2.45, 2.75) is 18.7 Å². The van der Waals surface area contributed by atoms with Crippen LogP contribution in [-0.2, 0) is 9.84 Å². The molecule has 4 N–H and O–H groups in total. The minimum absolute atomic E-state index is 0.138. The van der Waals surface area contributed by atoms with Crippen LogP contribution in [0.15, 0.2) is 35.0 Å². The van der Waals surface area contributed by atoms with Gasteiger partial charge in [-0.2, -0.15) is 0 Å². The van der Waals surface area contributed by atoms with Crippen LogP contribution in [0.4, 0.5) is 4.39 Å². The zero-order valence-electron chi connectivity index (χ0n) is 11.5. The van der Waals surface area contributed by atoms with Crippen molar-refractivity contribution in [2.75, 3.05) is 12.3 Å². The molecule has 4 nitrogen and oxygen atoms in total. The Kier molecular flexibility index (Phi) is 3.96. The van der Waals surface area contributed by atoms with Gasteiger partial charge < -0.3 is 10.7 Å². The molecule has 1 aromatic carbocycles. The van der Waals surface area contributed by atoms with E-state index in [1.165, 1.54) is 12.1 Å². The van der Waals surface area contributed by atoms with Crippen LogP contribution in [0.5, 0.6) is 0 Å². The van der Waals surface area contributed by atoms with Gasteiger partial charge in [-0.05, 0) is 25.5 Å². The van der Waals surface area contributed by atoms with Gasteiger partial charge in [0.05, 0.1) is 17.0 Å². The second-order valence-corrected chi connectivity index (χ2v) is 6.71. The maximum atomic E-state index is 13.5. The zero-order chi connectivity index (χ0) is 14.9. The van der Waals surface area contributed by atoms with Crippen LogP contribution in [-0.4, -0.2) is 25.7 Å². The minimum Gasteiger partial charge on any atom is -0.357 e. The Hall–Kier alpha value is -1.66. The van der Waals surface area contributed by atoms with Crippen molar-refractivity contribution in [3.05, 3.63) is 41.4 Å². The Morgan fingerprint density at radius 1 is 1.40 bits per heavy atom. The molecule has 2 aromatic rings. The number of aromatic amines is 1. The van der Waals surface area contributed by atoms with Crippen LogP contribution >= 0.6 is 0 Å². The van der Waals surface area contributed by atoms with Crippen LogP contribution in [0.3, 0.4) is 0 Å². The number of para-hydroxylation sites is 1. The number of sulfone groups is 1. The fourth-order valence-electron chi connectivity index (χ4n) is 2.19. The van der Waals surface area contributed by atoms with E-state index in [1.807, 2.05) is 19.9 Å². The molecule has 20 heavy (non-hydrogen) atoms. The highest BCUT2D eigenvalue weighted by Gasteiger charge is 2.21. The van der Waals surface area contributed by atoms with E-state index in [4.69, 9.17) is 0 Å². The third-order valence-corrected chi connectivity index (χ3v) is 5.00. The molecule has 0 amide bonds. The maximum absolute atomic E-state index is 13.5. The fraction of sp³-hybridized carbons (Fsp3) is 0.286. The first-order valence-electron chi connectivity index (χ1n) is 6.31. The van der Waals surface area contributed by atoms with E-state index in [1.54, 1.807) is 6.07 Å². The number of nitrogens with one attached hydrogen (secondary N) is 1. The van der Waals surface area contributed by atoms with Crippen LogP contribution in [0.2, 0.25) is 0 Å². The maximum Gasteiger partial charge on any atom is 0.186 e. The molecule has 0 radical (unpaired) electrons. The second-order valence-electron chi connectivity index (χ2n) is 4.75. The van der Waals surface area contributed by atoms with Crippen molar-refractivity contribution in [3.8, 4) is 0 Å². The summed E-state index contributed by atoms with van der Waals surface area (Å²) in [6.07, 6.45) is 1.18. The fourth-order valence-corrected chi connectivity index (χ4v) is 3.58. The summed E-state index contributed by atoms with van der Waals surface area (Å²) in [7, 11) is -3.71. The van der Waals surface area contributed by atoms with E-state index >= 15 is 0 Å². The Balaban J connectivity index is 2.58. The SMILES string of the molecule is Cc1[nH]c2c(S(=O)(=O)C/C(F)=C/C[NH3+])cccc2c1C. The summed E-state index contributed by atoms with van der Waals surface area (Å²) in [5.41, 5.74) is 5.94. The number of hydrogen-bond donors (Lipinski definition) is 2. The van der Waals surface area contributed by atoms with Crippen LogP contribution < -0.4 is 5.73 Å². The molecule has 2 rings (SSSR count). The molecule has 0 bridgehead atoms. The van der Waals surface area contributed by atoms with Gasteiger partial charge in [-0.15, -0.1) is 0 Å². The van der Waals surface area contributed by atoms with Crippen LogP contribution in [0, 0.1) is 13.8 Å². The number of H-pyrrole nitrogens is 1. The van der Waals surface area contributed by atoms with Gasteiger partial charge in [0, 0.05) is 17.2 Å². The summed E-state index contributed by atoms with van der Waals surface area (Å²) in [6.45, 7) is 4.04. The average molecular weight is 297 g/mol. The summed E-state index contributed by atoms with van der Waals surface area (Å²) in [4.78, 5) is 3.21. The Bertz CT molecular complexity index is 776. The lowest BCUT2D eigenvalue weighted by atomic mass is 10.1. The topological polar surface area (TPSA) is 77.6 Å². The third kappa shape index (κ3) is 2.62. The number of aryl methyl sites for hydroxylation is 2.